The highest BCUT2D eigenvalue weighted by Crippen LogP contribution is 2.20. The lowest BCUT2D eigenvalue weighted by molar-refractivity contribution is -0.141. The zero-order valence-corrected chi connectivity index (χ0v) is 12.7. The van der Waals surface area contributed by atoms with Crippen molar-refractivity contribution in [2.24, 2.45) is 0 Å². The molecule has 0 spiro atoms. The molecule has 1 aliphatic heterocycles. The zero-order valence-electron chi connectivity index (χ0n) is 12.7. The number of rotatable bonds is 4. The third-order valence-corrected chi connectivity index (χ3v) is 3.92. The van der Waals surface area contributed by atoms with Gasteiger partial charge < -0.3 is 20.3 Å². The SMILES string of the molecule is O=C(NC1CC(C(=O)O)N(C(=O)c2ncc[nH]2)C1)c1ccccc1. The van der Waals surface area contributed by atoms with Crippen LogP contribution in [0.4, 0.5) is 0 Å². The number of carbonyl (C=O) groups is 3. The van der Waals surface area contributed by atoms with Crippen LogP contribution in [0.3, 0.4) is 0 Å². The van der Waals surface area contributed by atoms with E-state index in [1.165, 1.54) is 17.3 Å². The molecule has 1 aromatic heterocycles. The van der Waals surface area contributed by atoms with Crippen LogP contribution in [0.1, 0.15) is 27.4 Å². The van der Waals surface area contributed by atoms with Crippen LogP contribution in [0, 0.1) is 0 Å². The Balaban J connectivity index is 1.72. The van der Waals surface area contributed by atoms with Crippen molar-refractivity contribution in [1.29, 1.82) is 0 Å². The van der Waals surface area contributed by atoms with Crippen molar-refractivity contribution < 1.29 is 19.5 Å². The number of benzene rings is 1. The van der Waals surface area contributed by atoms with Crippen molar-refractivity contribution in [2.45, 2.75) is 18.5 Å². The Bertz CT molecular complexity index is 745. The number of hydrogen-bond acceptors (Lipinski definition) is 4. The van der Waals surface area contributed by atoms with Crippen LogP contribution in [0.5, 0.6) is 0 Å². The van der Waals surface area contributed by atoms with Gasteiger partial charge >= 0.3 is 5.97 Å². The van der Waals surface area contributed by atoms with E-state index in [0.29, 0.717) is 5.56 Å². The minimum Gasteiger partial charge on any atom is -0.480 e. The normalized spacial score (nSPS) is 19.9. The van der Waals surface area contributed by atoms with Gasteiger partial charge in [0.15, 0.2) is 5.82 Å². The van der Waals surface area contributed by atoms with Crippen molar-refractivity contribution >= 4 is 17.8 Å². The number of aromatic amines is 1. The molecule has 2 aromatic rings. The van der Waals surface area contributed by atoms with E-state index in [0.717, 1.165) is 0 Å². The van der Waals surface area contributed by atoms with Crippen LogP contribution in [-0.4, -0.2) is 56.4 Å². The molecule has 1 aromatic carbocycles. The lowest BCUT2D eigenvalue weighted by atomic mass is 10.1. The average molecular weight is 328 g/mol. The highest BCUT2D eigenvalue weighted by atomic mass is 16.4. The highest BCUT2D eigenvalue weighted by Gasteiger charge is 2.41. The monoisotopic (exact) mass is 328 g/mol. The number of aromatic nitrogens is 2. The molecular formula is C16H16N4O4. The molecule has 2 atom stereocenters. The highest BCUT2D eigenvalue weighted by molar-refractivity contribution is 5.96. The summed E-state index contributed by atoms with van der Waals surface area (Å²) in [6.45, 7) is 0.120. The molecule has 1 fully saturated rings. The molecule has 8 nitrogen and oxygen atoms in total. The number of imidazole rings is 1. The Hall–Kier alpha value is -3.16. The number of likely N-dealkylation sites (tertiary alicyclic amines) is 1. The van der Waals surface area contributed by atoms with Crippen molar-refractivity contribution in [3.05, 3.63) is 54.1 Å². The fraction of sp³-hybridized carbons (Fsp3) is 0.250. The first kappa shape index (κ1) is 15.7. The standard InChI is InChI=1S/C16H16N4O4/c21-14(10-4-2-1-3-5-10)19-11-8-12(16(23)24)20(9-11)15(22)13-17-6-7-18-13/h1-7,11-12H,8-9H2,(H,17,18)(H,19,21)(H,23,24). The summed E-state index contributed by atoms with van der Waals surface area (Å²) in [7, 11) is 0. The molecule has 1 saturated heterocycles. The molecule has 0 aliphatic carbocycles. The first-order valence-corrected chi connectivity index (χ1v) is 7.45. The van der Waals surface area contributed by atoms with Crippen molar-refractivity contribution in [1.82, 2.24) is 20.2 Å². The number of aliphatic carboxylic acids is 1. The Labute approximate surface area is 137 Å². The van der Waals surface area contributed by atoms with E-state index in [9.17, 15) is 19.5 Å². The van der Waals surface area contributed by atoms with Crippen LogP contribution >= 0.6 is 0 Å². The maximum absolute atomic E-state index is 12.4. The van der Waals surface area contributed by atoms with E-state index >= 15 is 0 Å². The lowest BCUT2D eigenvalue weighted by Gasteiger charge is -2.20. The molecule has 2 amide bonds. The maximum atomic E-state index is 12.4. The van der Waals surface area contributed by atoms with Crippen LogP contribution in [0.2, 0.25) is 0 Å². The van der Waals surface area contributed by atoms with Crippen LogP contribution in [0.15, 0.2) is 42.7 Å². The molecule has 8 heteroatoms. The third kappa shape index (κ3) is 3.12. The maximum Gasteiger partial charge on any atom is 0.326 e. The molecule has 124 valence electrons. The summed E-state index contributed by atoms with van der Waals surface area (Å²) in [6, 6.07) is 7.21. The second-order valence-electron chi connectivity index (χ2n) is 5.52. The minimum absolute atomic E-state index is 0.0799. The average Bonchev–Trinajstić information content (AvgIpc) is 3.25. The quantitative estimate of drug-likeness (QED) is 0.756. The summed E-state index contributed by atoms with van der Waals surface area (Å²) in [5.74, 6) is -1.82. The Morgan fingerprint density at radius 3 is 2.62 bits per heavy atom. The van der Waals surface area contributed by atoms with Crippen LogP contribution in [-0.2, 0) is 4.79 Å². The summed E-state index contributed by atoms with van der Waals surface area (Å²) in [6.07, 6.45) is 3.07. The number of nitrogens with zero attached hydrogens (tertiary/aromatic N) is 2. The third-order valence-electron chi connectivity index (χ3n) is 3.92. The minimum atomic E-state index is -1.11. The van der Waals surface area contributed by atoms with Crippen molar-refractivity contribution in [3.8, 4) is 0 Å². The molecule has 0 radical (unpaired) electrons. The number of H-pyrrole nitrogens is 1. The van der Waals surface area contributed by atoms with Gasteiger partial charge in [-0.05, 0) is 12.1 Å². The number of carboxylic acids is 1. The topological polar surface area (TPSA) is 115 Å². The van der Waals surface area contributed by atoms with Gasteiger partial charge in [-0.1, -0.05) is 18.2 Å². The number of hydrogen-bond donors (Lipinski definition) is 3. The van der Waals surface area contributed by atoms with Crippen LogP contribution < -0.4 is 5.32 Å². The molecule has 3 N–H and O–H groups in total. The van der Waals surface area contributed by atoms with E-state index in [-0.39, 0.29) is 24.7 Å². The Morgan fingerprint density at radius 1 is 1.25 bits per heavy atom. The number of carboxylic acid groups (broad SMARTS) is 1. The van der Waals surface area contributed by atoms with Crippen molar-refractivity contribution in [3.63, 3.8) is 0 Å². The van der Waals surface area contributed by atoms with Gasteiger partial charge in [-0.3, -0.25) is 9.59 Å². The summed E-state index contributed by atoms with van der Waals surface area (Å²) in [5, 5.41) is 12.1. The molecule has 2 heterocycles. The van der Waals surface area contributed by atoms with Gasteiger partial charge in [0, 0.05) is 37.0 Å². The molecule has 3 rings (SSSR count). The van der Waals surface area contributed by atoms with Gasteiger partial charge in [0.05, 0.1) is 0 Å². The number of nitrogens with one attached hydrogen (secondary N) is 2. The second-order valence-corrected chi connectivity index (χ2v) is 5.52. The smallest absolute Gasteiger partial charge is 0.326 e. The van der Waals surface area contributed by atoms with Gasteiger partial charge in [0.25, 0.3) is 11.8 Å². The number of amides is 2. The van der Waals surface area contributed by atoms with E-state index in [4.69, 9.17) is 0 Å². The van der Waals surface area contributed by atoms with E-state index < -0.39 is 24.0 Å². The van der Waals surface area contributed by atoms with E-state index in [2.05, 4.69) is 15.3 Å². The predicted octanol–water partition coefficient (Wildman–Crippen LogP) is 0.507. The first-order valence-electron chi connectivity index (χ1n) is 7.45. The molecule has 2 unspecified atom stereocenters. The Morgan fingerprint density at radius 2 is 2.00 bits per heavy atom. The van der Waals surface area contributed by atoms with E-state index in [1.54, 1.807) is 30.3 Å². The van der Waals surface area contributed by atoms with Gasteiger partial charge in [0.2, 0.25) is 0 Å². The molecule has 24 heavy (non-hydrogen) atoms. The lowest BCUT2D eigenvalue weighted by Crippen LogP contribution is -2.42. The first-order chi connectivity index (χ1) is 11.6. The largest absolute Gasteiger partial charge is 0.480 e. The predicted molar refractivity (Wildman–Crippen MR) is 83.4 cm³/mol. The zero-order chi connectivity index (χ0) is 17.1. The summed E-state index contributed by atoms with van der Waals surface area (Å²) < 4.78 is 0. The van der Waals surface area contributed by atoms with Gasteiger partial charge in [-0.25, -0.2) is 9.78 Å². The van der Waals surface area contributed by atoms with Gasteiger partial charge in [-0.2, -0.15) is 0 Å². The molecule has 1 aliphatic rings. The molecule has 0 saturated carbocycles. The summed E-state index contributed by atoms with van der Waals surface area (Å²) in [5.41, 5.74) is 0.486. The number of carbonyl (C=O) groups excluding carboxylic acids is 2. The molecule has 0 bridgehead atoms. The summed E-state index contributed by atoms with van der Waals surface area (Å²) >= 11 is 0. The fourth-order valence-electron chi connectivity index (χ4n) is 2.78. The summed E-state index contributed by atoms with van der Waals surface area (Å²) in [4.78, 5) is 43.8. The van der Waals surface area contributed by atoms with Crippen LogP contribution in [0.25, 0.3) is 0 Å². The van der Waals surface area contributed by atoms with Crippen molar-refractivity contribution in [2.75, 3.05) is 6.54 Å². The second kappa shape index (κ2) is 6.53. The fourth-order valence-corrected chi connectivity index (χ4v) is 2.78. The molecular weight excluding hydrogens is 312 g/mol. The Kier molecular flexibility index (Phi) is 4.28. The van der Waals surface area contributed by atoms with Gasteiger partial charge in [-0.15, -0.1) is 0 Å². The van der Waals surface area contributed by atoms with E-state index in [1.807, 2.05) is 0 Å². The van der Waals surface area contributed by atoms with Gasteiger partial charge in [0.1, 0.15) is 6.04 Å².